The molecule has 0 spiro atoms. The van der Waals surface area contributed by atoms with E-state index in [4.69, 9.17) is 15.2 Å². The van der Waals surface area contributed by atoms with Gasteiger partial charge in [0.1, 0.15) is 23.2 Å². The standard InChI is InChI=1S/C17H15F2N3O6/c1-3-26-16(23)13-8(2)27-15(21)11(7-20)14(13)10-6-9(22(24)25)4-5-12(10)28-17(18)19/h4-6,14,17H,3,21H2,1-2H3. The van der Waals surface area contributed by atoms with Crippen LogP contribution in [0.3, 0.4) is 0 Å². The zero-order valence-electron chi connectivity index (χ0n) is 14.8. The number of benzene rings is 1. The molecule has 0 saturated heterocycles. The number of nitro groups is 1. The number of hydrogen-bond acceptors (Lipinski definition) is 8. The number of nitrogens with two attached hydrogens (primary N) is 1. The first-order valence-corrected chi connectivity index (χ1v) is 7.89. The van der Waals surface area contributed by atoms with Crippen LogP contribution in [-0.2, 0) is 14.3 Å². The molecule has 1 aliphatic rings. The molecule has 1 heterocycles. The number of nitro benzene ring substituents is 1. The second kappa shape index (κ2) is 8.34. The Morgan fingerprint density at radius 1 is 1.50 bits per heavy atom. The molecule has 0 amide bonds. The molecule has 0 aromatic heterocycles. The Bertz CT molecular complexity index is 920. The Labute approximate surface area is 157 Å². The van der Waals surface area contributed by atoms with Gasteiger partial charge in [-0.25, -0.2) is 4.79 Å². The van der Waals surface area contributed by atoms with Gasteiger partial charge in [0.2, 0.25) is 5.88 Å². The maximum atomic E-state index is 12.8. The van der Waals surface area contributed by atoms with Gasteiger partial charge in [0.05, 0.1) is 23.0 Å². The zero-order valence-corrected chi connectivity index (χ0v) is 14.8. The molecule has 0 fully saturated rings. The predicted molar refractivity (Wildman–Crippen MR) is 89.7 cm³/mol. The molecule has 2 N–H and O–H groups in total. The lowest BCUT2D eigenvalue weighted by Crippen LogP contribution is -2.26. The fourth-order valence-electron chi connectivity index (χ4n) is 2.74. The highest BCUT2D eigenvalue weighted by atomic mass is 19.3. The first-order valence-electron chi connectivity index (χ1n) is 7.89. The number of allylic oxidation sites excluding steroid dienone is 2. The minimum Gasteiger partial charge on any atom is -0.463 e. The summed E-state index contributed by atoms with van der Waals surface area (Å²) in [6.07, 6.45) is 0. The second-order valence-corrected chi connectivity index (χ2v) is 5.47. The molecule has 1 aliphatic heterocycles. The first-order chi connectivity index (χ1) is 13.2. The van der Waals surface area contributed by atoms with Crippen LogP contribution in [0, 0.1) is 21.4 Å². The lowest BCUT2D eigenvalue weighted by Gasteiger charge is -2.27. The van der Waals surface area contributed by atoms with Crippen molar-refractivity contribution in [2.45, 2.75) is 26.4 Å². The van der Waals surface area contributed by atoms with E-state index in [0.29, 0.717) is 0 Å². The van der Waals surface area contributed by atoms with Crippen LogP contribution in [0.4, 0.5) is 14.5 Å². The van der Waals surface area contributed by atoms with Crippen molar-refractivity contribution in [1.82, 2.24) is 0 Å². The van der Waals surface area contributed by atoms with Crippen molar-refractivity contribution in [1.29, 1.82) is 5.26 Å². The number of rotatable bonds is 6. The first kappa shape index (κ1) is 20.6. The van der Waals surface area contributed by atoms with Crippen molar-refractivity contribution in [3.05, 3.63) is 56.7 Å². The second-order valence-electron chi connectivity index (χ2n) is 5.47. The van der Waals surface area contributed by atoms with E-state index >= 15 is 0 Å². The van der Waals surface area contributed by atoms with Crippen LogP contribution in [0.15, 0.2) is 41.0 Å². The molecule has 148 valence electrons. The maximum absolute atomic E-state index is 12.8. The van der Waals surface area contributed by atoms with Gasteiger partial charge in [-0.2, -0.15) is 14.0 Å². The molecule has 0 bridgehead atoms. The number of nitriles is 1. The summed E-state index contributed by atoms with van der Waals surface area (Å²) in [6, 6.07) is 4.60. The fourth-order valence-corrected chi connectivity index (χ4v) is 2.74. The Morgan fingerprint density at radius 2 is 2.18 bits per heavy atom. The predicted octanol–water partition coefficient (Wildman–Crippen LogP) is 2.84. The highest BCUT2D eigenvalue weighted by Gasteiger charge is 2.39. The number of ether oxygens (including phenoxy) is 3. The fraction of sp³-hybridized carbons (Fsp3) is 0.294. The van der Waals surface area contributed by atoms with Gasteiger partial charge >= 0.3 is 12.6 Å². The van der Waals surface area contributed by atoms with E-state index in [1.165, 1.54) is 6.92 Å². The number of esters is 1. The highest BCUT2D eigenvalue weighted by Crippen LogP contribution is 2.44. The van der Waals surface area contributed by atoms with Crippen LogP contribution < -0.4 is 10.5 Å². The molecule has 28 heavy (non-hydrogen) atoms. The quantitative estimate of drug-likeness (QED) is 0.441. The summed E-state index contributed by atoms with van der Waals surface area (Å²) in [4.78, 5) is 22.9. The van der Waals surface area contributed by atoms with Crippen LogP contribution in [0.1, 0.15) is 25.3 Å². The average Bonchev–Trinajstić information content (AvgIpc) is 2.61. The summed E-state index contributed by atoms with van der Waals surface area (Å²) in [5, 5.41) is 20.6. The molecular weight excluding hydrogens is 380 g/mol. The number of hydrogen-bond donors (Lipinski definition) is 1. The van der Waals surface area contributed by atoms with E-state index in [1.54, 1.807) is 13.0 Å². The SMILES string of the molecule is CCOC(=O)C1=C(C)OC(N)=C(C#N)C1c1cc([N+](=O)[O-])ccc1OC(F)F. The Kier molecular flexibility index (Phi) is 6.15. The Hall–Kier alpha value is -3.68. The van der Waals surface area contributed by atoms with Crippen molar-refractivity contribution < 1.29 is 32.7 Å². The summed E-state index contributed by atoms with van der Waals surface area (Å²) < 4.78 is 40.3. The number of alkyl halides is 2. The Balaban J connectivity index is 2.79. The van der Waals surface area contributed by atoms with Gasteiger partial charge in [-0.05, 0) is 19.9 Å². The van der Waals surface area contributed by atoms with Gasteiger partial charge in [0, 0.05) is 17.7 Å². The number of nitrogens with zero attached hydrogens (tertiary/aromatic N) is 2. The van der Waals surface area contributed by atoms with Crippen molar-refractivity contribution in [3.63, 3.8) is 0 Å². The molecule has 2 rings (SSSR count). The van der Waals surface area contributed by atoms with Crippen LogP contribution in [0.5, 0.6) is 5.75 Å². The van der Waals surface area contributed by atoms with E-state index in [1.807, 2.05) is 0 Å². The topological polar surface area (TPSA) is 138 Å². The summed E-state index contributed by atoms with van der Waals surface area (Å²) in [5.74, 6) is -3.10. The summed E-state index contributed by atoms with van der Waals surface area (Å²) in [7, 11) is 0. The van der Waals surface area contributed by atoms with E-state index in [9.17, 15) is 29.0 Å². The molecule has 9 nitrogen and oxygen atoms in total. The van der Waals surface area contributed by atoms with E-state index < -0.39 is 34.9 Å². The smallest absolute Gasteiger partial charge is 0.387 e. The molecule has 1 atom stereocenters. The monoisotopic (exact) mass is 395 g/mol. The number of carbonyl (C=O) groups excluding carboxylic acids is 1. The third-order valence-corrected chi connectivity index (χ3v) is 3.83. The van der Waals surface area contributed by atoms with E-state index in [2.05, 4.69) is 4.74 Å². The molecular formula is C17H15F2N3O6. The van der Waals surface area contributed by atoms with E-state index in [-0.39, 0.29) is 35.0 Å². The third-order valence-electron chi connectivity index (χ3n) is 3.83. The van der Waals surface area contributed by atoms with Crippen molar-refractivity contribution in [2.24, 2.45) is 5.73 Å². The van der Waals surface area contributed by atoms with Crippen molar-refractivity contribution >= 4 is 11.7 Å². The minimum atomic E-state index is -3.25. The van der Waals surface area contributed by atoms with Crippen molar-refractivity contribution in [3.8, 4) is 11.8 Å². The molecule has 1 unspecified atom stereocenters. The maximum Gasteiger partial charge on any atom is 0.387 e. The van der Waals surface area contributed by atoms with Crippen LogP contribution >= 0.6 is 0 Å². The van der Waals surface area contributed by atoms with Crippen LogP contribution in [0.25, 0.3) is 0 Å². The summed E-state index contributed by atoms with van der Waals surface area (Å²) in [6.45, 7) is -0.354. The van der Waals surface area contributed by atoms with Crippen LogP contribution in [-0.4, -0.2) is 24.1 Å². The van der Waals surface area contributed by atoms with Gasteiger partial charge in [-0.1, -0.05) is 0 Å². The van der Waals surface area contributed by atoms with Gasteiger partial charge in [0.15, 0.2) is 0 Å². The number of halogens is 2. The number of carbonyl (C=O) groups is 1. The molecule has 0 saturated carbocycles. The summed E-state index contributed by atoms with van der Waals surface area (Å²) >= 11 is 0. The lowest BCUT2D eigenvalue weighted by atomic mass is 9.82. The molecule has 1 aromatic rings. The molecule has 11 heteroatoms. The lowest BCUT2D eigenvalue weighted by molar-refractivity contribution is -0.385. The van der Waals surface area contributed by atoms with Gasteiger partial charge in [-0.3, -0.25) is 10.1 Å². The largest absolute Gasteiger partial charge is 0.463 e. The van der Waals surface area contributed by atoms with Crippen LogP contribution in [0.2, 0.25) is 0 Å². The van der Waals surface area contributed by atoms with E-state index in [0.717, 1.165) is 18.2 Å². The van der Waals surface area contributed by atoms with Gasteiger partial charge in [0.25, 0.3) is 5.69 Å². The van der Waals surface area contributed by atoms with Gasteiger partial charge < -0.3 is 19.9 Å². The average molecular weight is 395 g/mol. The van der Waals surface area contributed by atoms with Crippen molar-refractivity contribution in [2.75, 3.05) is 6.61 Å². The summed E-state index contributed by atoms with van der Waals surface area (Å²) in [5.41, 5.74) is 4.54. The number of non-ortho nitro benzene ring substituents is 1. The zero-order chi connectivity index (χ0) is 21.0. The Morgan fingerprint density at radius 3 is 2.71 bits per heavy atom. The minimum absolute atomic E-state index is 0.0151. The third kappa shape index (κ3) is 4.01. The molecule has 0 radical (unpaired) electrons. The molecule has 1 aromatic carbocycles. The normalized spacial score (nSPS) is 16.5. The highest BCUT2D eigenvalue weighted by molar-refractivity contribution is 5.93. The molecule has 0 aliphatic carbocycles. The van der Waals surface area contributed by atoms with Gasteiger partial charge in [-0.15, -0.1) is 0 Å².